The van der Waals surface area contributed by atoms with E-state index in [9.17, 15) is 24.1 Å². The lowest BCUT2D eigenvalue weighted by Crippen LogP contribution is -2.36. The van der Waals surface area contributed by atoms with E-state index in [2.05, 4.69) is 14.8 Å². The molecule has 1 aromatic heterocycles. The van der Waals surface area contributed by atoms with Gasteiger partial charge in [0.2, 0.25) is 0 Å². The Labute approximate surface area is 189 Å². The lowest BCUT2D eigenvalue weighted by atomic mass is 10.2. The fourth-order valence-corrected chi connectivity index (χ4v) is 4.69. The molecule has 12 nitrogen and oxygen atoms in total. The minimum absolute atomic E-state index is 0.0370. The Hall–Kier alpha value is -2.76. The molecule has 33 heavy (non-hydrogen) atoms. The van der Waals surface area contributed by atoms with Gasteiger partial charge in [0.25, 0.3) is 5.56 Å². The molecule has 4 unspecified atom stereocenters. The Bertz CT molecular complexity index is 1130. The van der Waals surface area contributed by atoms with Crippen LogP contribution in [0.15, 0.2) is 46.1 Å². The number of carbonyl (C=O) groups excluding carboxylic acids is 1. The number of nitrogens with zero attached hydrogens (tertiary/aromatic N) is 1. The molecule has 180 valence electrons. The number of H-pyrrole nitrogens is 1. The van der Waals surface area contributed by atoms with E-state index in [1.165, 1.54) is 27.2 Å². The summed E-state index contributed by atoms with van der Waals surface area (Å²) >= 11 is 0. The van der Waals surface area contributed by atoms with E-state index in [0.29, 0.717) is 5.56 Å². The smallest absolute Gasteiger partial charge is 0.459 e. The average molecular weight is 483 g/mol. The van der Waals surface area contributed by atoms with E-state index in [1.807, 2.05) is 0 Å². The van der Waals surface area contributed by atoms with Gasteiger partial charge in [-0.3, -0.25) is 23.7 Å². The highest BCUT2D eigenvalue weighted by Gasteiger charge is 2.39. The Morgan fingerprint density at radius 2 is 2.06 bits per heavy atom. The average Bonchev–Trinajstić information content (AvgIpc) is 3.15. The second-order valence-corrected chi connectivity index (χ2v) is 9.18. The van der Waals surface area contributed by atoms with Crippen LogP contribution in [-0.2, 0) is 23.4 Å². The van der Waals surface area contributed by atoms with Crippen molar-refractivity contribution in [3.8, 4) is 5.75 Å². The van der Waals surface area contributed by atoms with Gasteiger partial charge in [-0.1, -0.05) is 18.2 Å². The Balaban J connectivity index is 1.73. The quantitative estimate of drug-likeness (QED) is 0.345. The van der Waals surface area contributed by atoms with Gasteiger partial charge < -0.3 is 19.1 Å². The first-order valence-electron chi connectivity index (χ1n) is 10.1. The van der Waals surface area contributed by atoms with Crippen molar-refractivity contribution >= 4 is 13.7 Å². The molecular weight excluding hydrogens is 457 g/mol. The molecule has 0 saturated carbocycles. The molecule has 0 amide bonds. The summed E-state index contributed by atoms with van der Waals surface area (Å²) in [4.78, 5) is 37.7. The summed E-state index contributed by atoms with van der Waals surface area (Å²) in [5, 5.41) is 12.9. The number of aliphatic hydroxyl groups is 1. The van der Waals surface area contributed by atoms with Crippen molar-refractivity contribution in [2.45, 2.75) is 44.7 Å². The number of aromatic amines is 1. The monoisotopic (exact) mass is 483 g/mol. The second kappa shape index (κ2) is 10.4. The minimum atomic E-state index is -4.12. The number of methoxy groups -OCH3 is 1. The van der Waals surface area contributed by atoms with Crippen molar-refractivity contribution in [2.75, 3.05) is 13.7 Å². The van der Waals surface area contributed by atoms with E-state index in [0.717, 1.165) is 4.57 Å². The van der Waals surface area contributed by atoms with Crippen molar-refractivity contribution in [1.82, 2.24) is 14.6 Å². The summed E-state index contributed by atoms with van der Waals surface area (Å²) < 4.78 is 35.9. The Kier molecular flexibility index (Phi) is 7.88. The van der Waals surface area contributed by atoms with Crippen LogP contribution in [-0.4, -0.2) is 52.6 Å². The van der Waals surface area contributed by atoms with E-state index < -0.39 is 49.4 Å². The van der Waals surface area contributed by atoms with Crippen molar-refractivity contribution in [3.63, 3.8) is 0 Å². The molecule has 1 saturated heterocycles. The highest BCUT2D eigenvalue weighted by atomic mass is 31.2. The van der Waals surface area contributed by atoms with Crippen LogP contribution in [0.4, 0.5) is 0 Å². The van der Waals surface area contributed by atoms with Crippen LogP contribution < -0.4 is 20.9 Å². The number of nitrogens with one attached hydrogen (secondary N) is 2. The molecule has 0 bridgehead atoms. The molecule has 0 spiro atoms. The lowest BCUT2D eigenvalue weighted by molar-refractivity contribution is -0.142. The topological polar surface area (TPSA) is 158 Å². The molecule has 13 heteroatoms. The molecule has 0 aliphatic carbocycles. The number of carbonyl (C=O) groups is 1. The molecule has 0 radical (unpaired) electrons. The number of ether oxygens (including phenoxy) is 2. The molecule has 2 heterocycles. The van der Waals surface area contributed by atoms with E-state index in [4.69, 9.17) is 13.8 Å². The molecule has 1 fully saturated rings. The van der Waals surface area contributed by atoms with E-state index in [-0.39, 0.29) is 18.8 Å². The van der Waals surface area contributed by atoms with Crippen molar-refractivity contribution in [3.05, 3.63) is 62.9 Å². The number of para-hydroxylation sites is 1. The number of aromatic nitrogens is 2. The third kappa shape index (κ3) is 6.18. The normalized spacial score (nSPS) is 23.0. The van der Waals surface area contributed by atoms with Gasteiger partial charge in [-0.05, 0) is 26.0 Å². The summed E-state index contributed by atoms with van der Waals surface area (Å²) in [6.07, 6.45) is -1.51. The van der Waals surface area contributed by atoms with Crippen LogP contribution >= 0.6 is 7.75 Å². The standard InChI is InChI=1S/C20H26N3O9P/c1-12-10-23(20(27)21-18(12)25)17-9-15(24)16(31-17)11-30-33(28,22-13(2)19(26)29-3)32-14-7-5-4-6-8-14/h4-8,10,13,15-17,24H,9,11H2,1-3H3,(H,22,28)(H,21,25,27)/t13?,15?,16-,17?,33?/m1/s1. The first-order chi connectivity index (χ1) is 15.6. The number of aryl methyl sites for hydroxylation is 1. The van der Waals surface area contributed by atoms with Crippen molar-refractivity contribution in [1.29, 1.82) is 0 Å². The highest BCUT2D eigenvalue weighted by molar-refractivity contribution is 7.52. The zero-order chi connectivity index (χ0) is 24.2. The third-order valence-electron chi connectivity index (χ3n) is 4.94. The van der Waals surface area contributed by atoms with Crippen LogP contribution in [0.3, 0.4) is 0 Å². The first kappa shape index (κ1) is 24.9. The zero-order valence-electron chi connectivity index (χ0n) is 18.3. The molecule has 3 rings (SSSR count). The summed E-state index contributed by atoms with van der Waals surface area (Å²) in [5.74, 6) is -0.452. The predicted molar refractivity (Wildman–Crippen MR) is 116 cm³/mol. The fraction of sp³-hybridized carbons (Fsp3) is 0.450. The second-order valence-electron chi connectivity index (χ2n) is 7.48. The zero-order valence-corrected chi connectivity index (χ0v) is 19.2. The number of hydrogen-bond acceptors (Lipinski definition) is 9. The maximum absolute atomic E-state index is 13.4. The van der Waals surface area contributed by atoms with Crippen molar-refractivity contribution < 1.29 is 33.0 Å². The largest absolute Gasteiger partial charge is 0.468 e. The van der Waals surface area contributed by atoms with Gasteiger partial charge in [0.1, 0.15) is 24.1 Å². The number of hydrogen-bond donors (Lipinski definition) is 3. The lowest BCUT2D eigenvalue weighted by Gasteiger charge is -2.24. The van der Waals surface area contributed by atoms with Crippen LogP contribution in [0, 0.1) is 6.92 Å². The molecular formula is C20H26N3O9P. The minimum Gasteiger partial charge on any atom is -0.468 e. The number of aliphatic hydroxyl groups excluding tert-OH is 1. The summed E-state index contributed by atoms with van der Waals surface area (Å²) in [6, 6.07) is 7.18. The SMILES string of the molecule is COC(=O)C(C)NP(=O)(OC[C@H]1OC(n2cc(C)c(=O)[nH]c2=O)CC1O)Oc1ccccc1. The first-order valence-corrected chi connectivity index (χ1v) is 11.7. The van der Waals surface area contributed by atoms with Gasteiger partial charge in [0.15, 0.2) is 0 Å². The van der Waals surface area contributed by atoms with Gasteiger partial charge in [-0.15, -0.1) is 0 Å². The van der Waals surface area contributed by atoms with Gasteiger partial charge >= 0.3 is 19.4 Å². The molecule has 2 aromatic rings. The van der Waals surface area contributed by atoms with E-state index in [1.54, 1.807) is 30.3 Å². The Morgan fingerprint density at radius 1 is 1.36 bits per heavy atom. The van der Waals surface area contributed by atoms with E-state index >= 15 is 0 Å². The summed E-state index contributed by atoms with van der Waals surface area (Å²) in [5.41, 5.74) is -0.898. The maximum atomic E-state index is 13.4. The molecule has 1 aliphatic heterocycles. The van der Waals surface area contributed by atoms with Crippen LogP contribution in [0.5, 0.6) is 5.75 Å². The van der Waals surface area contributed by atoms with Crippen LogP contribution in [0.25, 0.3) is 0 Å². The molecule has 5 atom stereocenters. The number of benzene rings is 1. The fourth-order valence-electron chi connectivity index (χ4n) is 3.18. The third-order valence-corrected chi connectivity index (χ3v) is 6.59. The Morgan fingerprint density at radius 3 is 2.73 bits per heavy atom. The van der Waals surface area contributed by atoms with Gasteiger partial charge in [0.05, 0.1) is 19.8 Å². The molecule has 3 N–H and O–H groups in total. The summed E-state index contributed by atoms with van der Waals surface area (Å²) in [7, 11) is -2.93. The van der Waals surface area contributed by atoms with Crippen LogP contribution in [0.2, 0.25) is 0 Å². The molecule has 1 aromatic carbocycles. The highest BCUT2D eigenvalue weighted by Crippen LogP contribution is 2.45. The maximum Gasteiger partial charge on any atom is 0.459 e. The van der Waals surface area contributed by atoms with Gasteiger partial charge in [-0.25, -0.2) is 9.36 Å². The molecule has 1 aliphatic rings. The van der Waals surface area contributed by atoms with Gasteiger partial charge in [-0.2, -0.15) is 5.09 Å². The van der Waals surface area contributed by atoms with Crippen molar-refractivity contribution in [2.24, 2.45) is 0 Å². The van der Waals surface area contributed by atoms with Gasteiger partial charge in [0, 0.05) is 18.2 Å². The summed E-state index contributed by atoms with van der Waals surface area (Å²) in [6.45, 7) is 2.59. The predicted octanol–water partition coefficient (Wildman–Crippen LogP) is 0.848. The number of esters is 1. The number of rotatable bonds is 9. The van der Waals surface area contributed by atoms with Crippen LogP contribution in [0.1, 0.15) is 25.1 Å².